The number of hydrogen-bond donors (Lipinski definition) is 3. The van der Waals surface area contributed by atoms with Crippen LogP contribution < -0.4 is 16.0 Å². The molecule has 0 aliphatic carbocycles. The topological polar surface area (TPSA) is 115 Å². The van der Waals surface area contributed by atoms with E-state index in [4.69, 9.17) is 15.7 Å². The fraction of sp³-hybridized carbons (Fsp3) is 0.0714. The summed E-state index contributed by atoms with van der Waals surface area (Å²) in [6, 6.07) is 7.81. The predicted octanol–water partition coefficient (Wildman–Crippen LogP) is 0.898. The van der Waals surface area contributed by atoms with Crippen molar-refractivity contribution in [2.45, 2.75) is 0 Å². The molecule has 0 aliphatic heterocycles. The Morgan fingerprint density at radius 3 is 2.67 bits per heavy atom. The van der Waals surface area contributed by atoms with Crippen molar-refractivity contribution in [1.29, 1.82) is 0 Å². The molecule has 1 aromatic heterocycles. The van der Waals surface area contributed by atoms with Gasteiger partial charge in [0.1, 0.15) is 11.5 Å². The van der Waals surface area contributed by atoms with Gasteiger partial charge in [-0.3, -0.25) is 20.0 Å². The summed E-state index contributed by atoms with van der Waals surface area (Å²) in [6.07, 6.45) is 3.63. The SMILES string of the molecule is COc1ccc(C=O)c(O)c1.NNC(=O)c1cccnc1. The Hall–Kier alpha value is -2.93. The Morgan fingerprint density at radius 2 is 2.19 bits per heavy atom. The van der Waals surface area contributed by atoms with E-state index in [1.165, 1.54) is 25.4 Å². The lowest BCUT2D eigenvalue weighted by atomic mass is 10.2. The van der Waals surface area contributed by atoms with Crippen LogP contribution in [0.3, 0.4) is 0 Å². The molecule has 7 heteroatoms. The number of aromatic nitrogens is 1. The molecule has 0 radical (unpaired) electrons. The zero-order chi connectivity index (χ0) is 15.7. The van der Waals surface area contributed by atoms with Gasteiger partial charge < -0.3 is 9.84 Å². The summed E-state index contributed by atoms with van der Waals surface area (Å²) in [6.45, 7) is 0. The number of carbonyl (C=O) groups is 2. The monoisotopic (exact) mass is 289 g/mol. The first kappa shape index (κ1) is 16.1. The number of phenolic OH excluding ortho intramolecular Hbond substituents is 1. The van der Waals surface area contributed by atoms with Crippen molar-refractivity contribution in [3.05, 3.63) is 53.9 Å². The Bertz CT molecular complexity index is 602. The highest BCUT2D eigenvalue weighted by molar-refractivity contribution is 5.93. The quantitative estimate of drug-likeness (QED) is 0.335. The molecule has 2 aromatic rings. The number of hydrogen-bond acceptors (Lipinski definition) is 6. The third kappa shape index (κ3) is 4.92. The maximum atomic E-state index is 10.7. The van der Waals surface area contributed by atoms with Crippen LogP contribution in [0.1, 0.15) is 20.7 Å². The van der Waals surface area contributed by atoms with E-state index in [9.17, 15) is 9.59 Å². The molecule has 0 bridgehead atoms. The van der Waals surface area contributed by atoms with Crippen molar-refractivity contribution in [3.63, 3.8) is 0 Å². The number of methoxy groups -OCH3 is 1. The minimum absolute atomic E-state index is 0.0562. The van der Waals surface area contributed by atoms with Crippen LogP contribution in [-0.2, 0) is 0 Å². The van der Waals surface area contributed by atoms with E-state index in [1.54, 1.807) is 24.4 Å². The molecule has 0 spiro atoms. The summed E-state index contributed by atoms with van der Waals surface area (Å²) < 4.78 is 4.82. The lowest BCUT2D eigenvalue weighted by Gasteiger charge is -2.00. The minimum atomic E-state index is -0.326. The number of nitrogens with zero attached hydrogens (tertiary/aromatic N) is 1. The molecular formula is C14H15N3O4. The number of benzene rings is 1. The molecule has 2 rings (SSSR count). The molecule has 1 heterocycles. The van der Waals surface area contributed by atoms with Crippen LogP contribution in [0.2, 0.25) is 0 Å². The Balaban J connectivity index is 0.000000211. The summed E-state index contributed by atoms with van der Waals surface area (Å²) in [5.41, 5.74) is 2.73. The van der Waals surface area contributed by atoms with Crippen LogP contribution in [-0.4, -0.2) is 29.4 Å². The van der Waals surface area contributed by atoms with Gasteiger partial charge >= 0.3 is 0 Å². The first-order chi connectivity index (χ1) is 10.1. The maximum Gasteiger partial charge on any atom is 0.266 e. The lowest BCUT2D eigenvalue weighted by molar-refractivity contribution is 0.0953. The van der Waals surface area contributed by atoms with Crippen molar-refractivity contribution in [2.24, 2.45) is 5.84 Å². The molecule has 7 nitrogen and oxygen atoms in total. The first-order valence-electron chi connectivity index (χ1n) is 5.85. The zero-order valence-electron chi connectivity index (χ0n) is 11.3. The average Bonchev–Trinajstić information content (AvgIpc) is 2.55. The third-order valence-electron chi connectivity index (χ3n) is 2.42. The molecule has 110 valence electrons. The maximum absolute atomic E-state index is 10.7. The third-order valence-corrected chi connectivity index (χ3v) is 2.42. The minimum Gasteiger partial charge on any atom is -0.507 e. The average molecular weight is 289 g/mol. The van der Waals surface area contributed by atoms with Crippen molar-refractivity contribution < 1.29 is 19.4 Å². The fourth-order valence-electron chi connectivity index (χ4n) is 1.33. The second-order valence-corrected chi connectivity index (χ2v) is 3.76. The van der Waals surface area contributed by atoms with Gasteiger partial charge in [-0.15, -0.1) is 0 Å². The number of nitrogens with one attached hydrogen (secondary N) is 1. The molecule has 21 heavy (non-hydrogen) atoms. The van der Waals surface area contributed by atoms with E-state index in [0.717, 1.165) is 0 Å². The highest BCUT2D eigenvalue weighted by Gasteiger charge is 2.00. The van der Waals surface area contributed by atoms with E-state index in [1.807, 2.05) is 5.43 Å². The number of phenols is 1. The van der Waals surface area contributed by atoms with Gasteiger partial charge in [-0.05, 0) is 24.3 Å². The van der Waals surface area contributed by atoms with Crippen LogP contribution in [0.15, 0.2) is 42.7 Å². The molecular weight excluding hydrogens is 274 g/mol. The number of hydrazine groups is 1. The molecule has 4 N–H and O–H groups in total. The van der Waals surface area contributed by atoms with Gasteiger partial charge in [-0.25, -0.2) is 5.84 Å². The van der Waals surface area contributed by atoms with Gasteiger partial charge in [-0.2, -0.15) is 0 Å². The molecule has 0 saturated heterocycles. The molecule has 0 unspecified atom stereocenters. The molecule has 0 fully saturated rings. The van der Waals surface area contributed by atoms with Crippen molar-refractivity contribution in [2.75, 3.05) is 7.11 Å². The second-order valence-electron chi connectivity index (χ2n) is 3.76. The van der Waals surface area contributed by atoms with Crippen LogP contribution in [0.4, 0.5) is 0 Å². The zero-order valence-corrected chi connectivity index (χ0v) is 11.3. The van der Waals surface area contributed by atoms with Crippen LogP contribution in [0.25, 0.3) is 0 Å². The first-order valence-corrected chi connectivity index (χ1v) is 5.85. The van der Waals surface area contributed by atoms with E-state index in [-0.39, 0.29) is 17.2 Å². The summed E-state index contributed by atoms with van der Waals surface area (Å²) in [7, 11) is 1.50. The summed E-state index contributed by atoms with van der Waals surface area (Å²) >= 11 is 0. The number of aromatic hydroxyl groups is 1. The van der Waals surface area contributed by atoms with Gasteiger partial charge in [0.2, 0.25) is 0 Å². The predicted molar refractivity (Wildman–Crippen MR) is 75.9 cm³/mol. The van der Waals surface area contributed by atoms with Gasteiger partial charge in [0.15, 0.2) is 6.29 Å². The molecule has 1 amide bonds. The Morgan fingerprint density at radius 1 is 1.43 bits per heavy atom. The summed E-state index contributed by atoms with van der Waals surface area (Å²) in [5.74, 6) is 5.03. The largest absolute Gasteiger partial charge is 0.507 e. The van der Waals surface area contributed by atoms with E-state index in [0.29, 0.717) is 17.6 Å². The smallest absolute Gasteiger partial charge is 0.266 e. The highest BCUT2D eigenvalue weighted by Crippen LogP contribution is 2.21. The number of nitrogen functional groups attached to an aromatic ring is 1. The standard InChI is InChI=1S/C8H8O3.C6H7N3O/c1-11-7-3-2-6(5-9)8(10)4-7;7-9-6(10)5-2-1-3-8-4-5/h2-5,10H,1H3;1-4H,7H2,(H,9,10). The van der Waals surface area contributed by atoms with E-state index >= 15 is 0 Å². The molecule has 0 atom stereocenters. The highest BCUT2D eigenvalue weighted by atomic mass is 16.5. The molecule has 0 saturated carbocycles. The fourth-order valence-corrected chi connectivity index (χ4v) is 1.33. The van der Waals surface area contributed by atoms with Crippen molar-refractivity contribution in [3.8, 4) is 11.5 Å². The van der Waals surface area contributed by atoms with Crippen molar-refractivity contribution >= 4 is 12.2 Å². The van der Waals surface area contributed by atoms with E-state index in [2.05, 4.69) is 4.98 Å². The lowest BCUT2D eigenvalue weighted by Crippen LogP contribution is -2.29. The van der Waals surface area contributed by atoms with Gasteiger partial charge in [0.25, 0.3) is 5.91 Å². The number of nitrogens with two attached hydrogens (primary N) is 1. The number of carbonyl (C=O) groups excluding carboxylic acids is 2. The normalized spacial score (nSPS) is 9.05. The Kier molecular flexibility index (Phi) is 6.36. The number of aldehydes is 1. The molecule has 1 aromatic carbocycles. The second kappa shape index (κ2) is 8.28. The van der Waals surface area contributed by atoms with Gasteiger partial charge in [0, 0.05) is 18.5 Å². The number of ether oxygens (including phenoxy) is 1. The summed E-state index contributed by atoms with van der Waals surface area (Å²) in [5, 5.41) is 9.11. The Labute approximate surface area is 121 Å². The van der Waals surface area contributed by atoms with E-state index < -0.39 is 0 Å². The number of rotatable bonds is 3. The number of amides is 1. The van der Waals surface area contributed by atoms with Crippen LogP contribution in [0.5, 0.6) is 11.5 Å². The van der Waals surface area contributed by atoms with Crippen LogP contribution in [0, 0.1) is 0 Å². The van der Waals surface area contributed by atoms with Gasteiger partial charge in [0.05, 0.1) is 18.2 Å². The summed E-state index contributed by atoms with van der Waals surface area (Å²) in [4.78, 5) is 24.7. The molecule has 0 aliphatic rings. The van der Waals surface area contributed by atoms with Crippen LogP contribution >= 0.6 is 0 Å². The number of pyridine rings is 1. The van der Waals surface area contributed by atoms with Crippen molar-refractivity contribution in [1.82, 2.24) is 10.4 Å². The van der Waals surface area contributed by atoms with Gasteiger partial charge in [-0.1, -0.05) is 0 Å².